The fourth-order valence-electron chi connectivity index (χ4n) is 7.96. The molecule has 0 radical (unpaired) electrons. The Kier molecular flexibility index (Phi) is 6.83. The van der Waals surface area contributed by atoms with E-state index in [0.29, 0.717) is 0 Å². The third-order valence-corrected chi connectivity index (χ3v) is 10.4. The van der Waals surface area contributed by atoms with Gasteiger partial charge < -0.3 is 0 Å². The molecule has 8 aromatic rings. The van der Waals surface area contributed by atoms with Crippen molar-refractivity contribution in [2.45, 2.75) is 26.2 Å². The second-order valence-corrected chi connectivity index (χ2v) is 13.4. The van der Waals surface area contributed by atoms with Crippen LogP contribution in [-0.4, -0.2) is 0 Å². The molecular formula is C48H36. The first kappa shape index (κ1) is 28.5. The molecule has 0 saturated carbocycles. The van der Waals surface area contributed by atoms with Crippen molar-refractivity contribution in [1.82, 2.24) is 0 Å². The van der Waals surface area contributed by atoms with Crippen LogP contribution in [0.3, 0.4) is 0 Å². The summed E-state index contributed by atoms with van der Waals surface area (Å²) in [5, 5.41) is 10.5. The lowest BCUT2D eigenvalue weighted by Crippen LogP contribution is -2.00. The van der Waals surface area contributed by atoms with Crippen LogP contribution in [0.5, 0.6) is 0 Å². The molecule has 0 heterocycles. The van der Waals surface area contributed by atoms with Crippen LogP contribution in [0.1, 0.15) is 46.2 Å². The smallest absolute Gasteiger partial charge is 0.000522 e. The molecule has 0 N–H and O–H groups in total. The summed E-state index contributed by atoms with van der Waals surface area (Å²) in [6, 6.07) is 53.9. The van der Waals surface area contributed by atoms with Gasteiger partial charge in [-0.2, -0.15) is 0 Å². The number of benzene rings is 8. The molecule has 1 unspecified atom stereocenters. The quantitative estimate of drug-likeness (QED) is 0.134. The summed E-state index contributed by atoms with van der Waals surface area (Å²) < 4.78 is 0. The molecule has 48 heavy (non-hydrogen) atoms. The number of fused-ring (bicyclic) bond motifs is 6. The molecule has 8 aromatic carbocycles. The van der Waals surface area contributed by atoms with Crippen LogP contribution >= 0.6 is 0 Å². The molecule has 1 atom stereocenters. The number of rotatable bonds is 5. The van der Waals surface area contributed by atoms with Crippen LogP contribution in [0.4, 0.5) is 0 Å². The van der Waals surface area contributed by atoms with Crippen molar-refractivity contribution >= 4 is 60.8 Å². The molecule has 228 valence electrons. The highest BCUT2D eigenvalue weighted by Crippen LogP contribution is 2.47. The van der Waals surface area contributed by atoms with Gasteiger partial charge >= 0.3 is 0 Å². The summed E-state index contributed by atoms with van der Waals surface area (Å²) in [4.78, 5) is 0. The molecule has 0 amide bonds. The van der Waals surface area contributed by atoms with E-state index in [1.165, 1.54) is 93.2 Å². The summed E-state index contributed by atoms with van der Waals surface area (Å²) in [6.45, 7) is 4.55. The number of hydrogen-bond donors (Lipinski definition) is 0. The highest BCUT2D eigenvalue weighted by Gasteiger charge is 2.24. The van der Waals surface area contributed by atoms with Gasteiger partial charge in [-0.1, -0.05) is 159 Å². The molecule has 1 aliphatic rings. The van der Waals surface area contributed by atoms with E-state index in [0.717, 1.165) is 6.42 Å². The first-order chi connectivity index (χ1) is 23.6. The lowest BCUT2D eigenvalue weighted by atomic mass is 9.81. The molecule has 0 aliphatic heterocycles. The van der Waals surface area contributed by atoms with Gasteiger partial charge in [0.25, 0.3) is 0 Å². The minimum absolute atomic E-state index is 0.200. The fourth-order valence-corrected chi connectivity index (χ4v) is 7.96. The van der Waals surface area contributed by atoms with E-state index in [1.807, 2.05) is 0 Å². The number of hydrogen-bond acceptors (Lipinski definition) is 0. The summed E-state index contributed by atoms with van der Waals surface area (Å²) in [5.74, 6) is 0.200. The molecule has 0 heteroatoms. The van der Waals surface area contributed by atoms with Gasteiger partial charge in [-0.05, 0) is 119 Å². The fraction of sp³-hybridized carbons (Fsp3) is 0.0833. The van der Waals surface area contributed by atoms with Gasteiger partial charge in [-0.25, -0.2) is 0 Å². The Labute approximate surface area is 282 Å². The summed E-state index contributed by atoms with van der Waals surface area (Å²) >= 11 is 0. The van der Waals surface area contributed by atoms with E-state index >= 15 is 0 Å². The van der Waals surface area contributed by atoms with Crippen LogP contribution in [0, 0.1) is 6.92 Å². The van der Waals surface area contributed by atoms with E-state index in [4.69, 9.17) is 0 Å². The molecule has 0 saturated heterocycles. The highest BCUT2D eigenvalue weighted by molar-refractivity contribution is 6.22. The Balaban J connectivity index is 1.36. The lowest BCUT2D eigenvalue weighted by Gasteiger charge is -2.22. The highest BCUT2D eigenvalue weighted by atomic mass is 14.3. The molecule has 0 spiro atoms. The topological polar surface area (TPSA) is 0 Å². The van der Waals surface area contributed by atoms with Crippen molar-refractivity contribution in [2.75, 3.05) is 0 Å². The molecule has 0 aromatic heterocycles. The van der Waals surface area contributed by atoms with Gasteiger partial charge in [-0.3, -0.25) is 0 Å². The van der Waals surface area contributed by atoms with Crippen molar-refractivity contribution in [3.8, 4) is 11.1 Å². The Hall–Kier alpha value is -5.72. The van der Waals surface area contributed by atoms with Crippen LogP contribution in [0.25, 0.3) is 71.9 Å². The van der Waals surface area contributed by atoms with Gasteiger partial charge in [0.1, 0.15) is 0 Å². The zero-order chi connectivity index (χ0) is 32.2. The summed E-state index contributed by atoms with van der Waals surface area (Å²) in [5.41, 5.74) is 12.0. The summed E-state index contributed by atoms with van der Waals surface area (Å²) in [7, 11) is 0. The normalized spacial score (nSPS) is 13.5. The largest absolute Gasteiger partial charge is 0.0766 e. The molecule has 0 nitrogen and oxygen atoms in total. The standard InChI is InChI=1S/C48H36/c1-31-11-3-4-12-33(31)20-19-32(2)46-43-25-24-40(39-22-21-34-13-5-6-15-36(34)27-39)30-45(43)47(41-28-37-16-7-8-17-38(37)29-41)48-42-18-10-9-14-35(42)23-26-44(46)48/h3-28,30,32H,29H2,1-2H3. The zero-order valence-electron chi connectivity index (χ0n) is 27.4. The molecular weight excluding hydrogens is 577 g/mol. The van der Waals surface area contributed by atoms with Crippen LogP contribution in [0.2, 0.25) is 0 Å². The first-order valence-corrected chi connectivity index (χ1v) is 17.1. The molecule has 0 bridgehead atoms. The number of allylic oxidation sites excluding steroid dienone is 2. The van der Waals surface area contributed by atoms with Crippen LogP contribution in [-0.2, 0) is 6.42 Å². The first-order valence-electron chi connectivity index (χ1n) is 17.1. The molecule has 9 rings (SSSR count). The second kappa shape index (κ2) is 11.5. The summed E-state index contributed by atoms with van der Waals surface area (Å²) in [6.07, 6.45) is 8.08. The Morgan fingerprint density at radius 2 is 1.25 bits per heavy atom. The maximum absolute atomic E-state index is 2.47. The van der Waals surface area contributed by atoms with Gasteiger partial charge in [0.2, 0.25) is 0 Å². The maximum atomic E-state index is 2.47. The van der Waals surface area contributed by atoms with Crippen molar-refractivity contribution in [2.24, 2.45) is 0 Å². The van der Waals surface area contributed by atoms with Crippen LogP contribution in [0.15, 0.2) is 152 Å². The average molecular weight is 613 g/mol. The SMILES string of the molecule is Cc1ccccc1C=CC(C)c1c2ccc(-c3ccc4ccccc4c3)cc2c(C2=Cc3ccccc3C2)c2c1ccc1ccccc12. The van der Waals surface area contributed by atoms with Gasteiger partial charge in [0.15, 0.2) is 0 Å². The minimum Gasteiger partial charge on any atom is -0.0766 e. The predicted molar refractivity (Wildman–Crippen MR) is 209 cm³/mol. The van der Waals surface area contributed by atoms with E-state index in [-0.39, 0.29) is 5.92 Å². The van der Waals surface area contributed by atoms with Gasteiger partial charge in [-0.15, -0.1) is 0 Å². The predicted octanol–water partition coefficient (Wildman–Crippen LogP) is 13.2. The van der Waals surface area contributed by atoms with E-state index < -0.39 is 0 Å². The third kappa shape index (κ3) is 4.76. The maximum Gasteiger partial charge on any atom is 0.000522 e. The van der Waals surface area contributed by atoms with E-state index in [9.17, 15) is 0 Å². The average Bonchev–Trinajstić information content (AvgIpc) is 3.57. The van der Waals surface area contributed by atoms with Crippen molar-refractivity contribution in [3.63, 3.8) is 0 Å². The Morgan fingerprint density at radius 1 is 0.562 bits per heavy atom. The minimum atomic E-state index is 0.200. The molecule has 0 fully saturated rings. The van der Waals surface area contributed by atoms with Gasteiger partial charge in [0.05, 0.1) is 0 Å². The Morgan fingerprint density at radius 3 is 2.12 bits per heavy atom. The Bertz CT molecular complexity index is 2610. The van der Waals surface area contributed by atoms with Crippen LogP contribution < -0.4 is 0 Å². The number of aryl methyl sites for hydroxylation is 1. The van der Waals surface area contributed by atoms with E-state index in [1.54, 1.807) is 0 Å². The van der Waals surface area contributed by atoms with Crippen molar-refractivity contribution < 1.29 is 0 Å². The molecule has 1 aliphatic carbocycles. The van der Waals surface area contributed by atoms with E-state index in [2.05, 4.69) is 178 Å². The van der Waals surface area contributed by atoms with Crippen molar-refractivity contribution in [1.29, 1.82) is 0 Å². The second-order valence-electron chi connectivity index (χ2n) is 13.4. The lowest BCUT2D eigenvalue weighted by molar-refractivity contribution is 0.997. The zero-order valence-corrected chi connectivity index (χ0v) is 27.4. The third-order valence-electron chi connectivity index (χ3n) is 10.4. The van der Waals surface area contributed by atoms with Gasteiger partial charge in [0, 0.05) is 5.92 Å². The van der Waals surface area contributed by atoms with Crippen molar-refractivity contribution in [3.05, 3.63) is 185 Å². The monoisotopic (exact) mass is 612 g/mol.